The predicted molar refractivity (Wildman–Crippen MR) is 55.0 cm³/mol. The lowest BCUT2D eigenvalue weighted by Crippen LogP contribution is -2.18. The van der Waals surface area contributed by atoms with E-state index in [1.807, 2.05) is 0 Å². The van der Waals surface area contributed by atoms with Gasteiger partial charge in [-0.05, 0) is 30.8 Å². The lowest BCUT2D eigenvalue weighted by Gasteiger charge is -2.28. The minimum Gasteiger partial charge on any atom is -0.134 e. The van der Waals surface area contributed by atoms with Crippen molar-refractivity contribution < 1.29 is 0 Å². The second-order valence-corrected chi connectivity index (χ2v) is 4.71. The summed E-state index contributed by atoms with van der Waals surface area (Å²) in [4.78, 5) is 0. The number of hydrogen-bond donors (Lipinski definition) is 0. The Morgan fingerprint density at radius 3 is 2.64 bits per heavy atom. The van der Waals surface area contributed by atoms with Crippen molar-refractivity contribution in [3.8, 4) is 0 Å². The Bertz CT molecular complexity index is 101. The van der Waals surface area contributed by atoms with Gasteiger partial charge >= 0.3 is 0 Å². The van der Waals surface area contributed by atoms with Crippen molar-refractivity contribution in [2.75, 3.05) is 0 Å². The third kappa shape index (κ3) is 3.11. The Hall–Kier alpha value is 0.430. The maximum absolute atomic E-state index is 3.04. The van der Waals surface area contributed by atoms with E-state index in [0.717, 1.165) is 11.6 Å². The van der Waals surface area contributed by atoms with Gasteiger partial charge in [-0.3, -0.25) is 0 Å². The molecule has 11 heavy (non-hydrogen) atoms. The molecule has 0 spiro atoms. The lowest BCUT2D eigenvalue weighted by molar-refractivity contribution is 0.342. The molecule has 0 aromatic heterocycles. The van der Waals surface area contributed by atoms with Crippen LogP contribution in [0.5, 0.6) is 0 Å². The van der Waals surface area contributed by atoms with Crippen molar-refractivity contribution in [2.45, 2.75) is 57.5 Å². The summed E-state index contributed by atoms with van der Waals surface area (Å²) >= 11 is 0. The summed E-state index contributed by atoms with van der Waals surface area (Å²) in [6, 6.07) is 0. The molecule has 66 valence electrons. The largest absolute Gasteiger partial charge is 0.134 e. The average Bonchev–Trinajstić information content (AvgIpc) is 2.03. The Morgan fingerprint density at radius 2 is 2.00 bits per heavy atom. The Morgan fingerprint density at radius 1 is 1.27 bits per heavy atom. The average molecular weight is 172 g/mol. The monoisotopic (exact) mass is 172 g/mol. The molecular formula is C10H21P. The van der Waals surface area contributed by atoms with Crippen LogP contribution in [0.1, 0.15) is 51.9 Å². The summed E-state index contributed by atoms with van der Waals surface area (Å²) in [5, 5.41) is 0. The fraction of sp³-hybridized carbons (Fsp3) is 1.00. The van der Waals surface area contributed by atoms with Crippen LogP contribution in [0.3, 0.4) is 0 Å². The molecule has 0 aromatic carbocycles. The number of unbranched alkanes of at least 4 members (excludes halogenated alkanes) is 1. The van der Waals surface area contributed by atoms with Gasteiger partial charge in [-0.1, -0.05) is 32.6 Å². The topological polar surface area (TPSA) is 0 Å². The van der Waals surface area contributed by atoms with Crippen LogP contribution < -0.4 is 0 Å². The number of rotatable bonds is 3. The van der Waals surface area contributed by atoms with Crippen molar-refractivity contribution in [1.82, 2.24) is 0 Å². The first-order valence-corrected chi connectivity index (χ1v) is 5.77. The number of hydrogen-bond acceptors (Lipinski definition) is 0. The van der Waals surface area contributed by atoms with Crippen LogP contribution in [0.25, 0.3) is 0 Å². The van der Waals surface area contributed by atoms with Gasteiger partial charge in [-0.2, -0.15) is 0 Å². The van der Waals surface area contributed by atoms with E-state index in [2.05, 4.69) is 16.2 Å². The third-order valence-corrected chi connectivity index (χ3v) is 3.77. The van der Waals surface area contributed by atoms with Crippen LogP contribution in [-0.4, -0.2) is 5.66 Å². The van der Waals surface area contributed by atoms with Crippen LogP contribution in [0.4, 0.5) is 0 Å². The zero-order valence-electron chi connectivity index (χ0n) is 7.68. The molecule has 3 atom stereocenters. The highest BCUT2D eigenvalue weighted by Crippen LogP contribution is 2.33. The quantitative estimate of drug-likeness (QED) is 0.570. The molecule has 3 unspecified atom stereocenters. The molecule has 0 aliphatic heterocycles. The molecule has 0 N–H and O–H groups in total. The molecule has 1 aliphatic rings. The Kier molecular flexibility index (Phi) is 4.45. The van der Waals surface area contributed by atoms with Crippen molar-refractivity contribution >= 4 is 9.24 Å². The standard InChI is InChI=1S/C10H21P/c1-2-3-6-9-7-4-5-8-10(9)11/h9-10H,2-8,11H2,1H3. The predicted octanol–water partition coefficient (Wildman–Crippen LogP) is 3.61. The summed E-state index contributed by atoms with van der Waals surface area (Å²) < 4.78 is 0. The Balaban J connectivity index is 2.18. The van der Waals surface area contributed by atoms with Gasteiger partial charge in [0.1, 0.15) is 0 Å². The molecule has 1 aliphatic carbocycles. The fourth-order valence-electron chi connectivity index (χ4n) is 2.06. The van der Waals surface area contributed by atoms with Gasteiger partial charge in [-0.25, -0.2) is 0 Å². The third-order valence-electron chi connectivity index (χ3n) is 2.90. The smallest absolute Gasteiger partial charge is 0.0236 e. The molecule has 0 aromatic rings. The summed E-state index contributed by atoms with van der Waals surface area (Å²) in [5.41, 5.74) is 0.940. The van der Waals surface area contributed by atoms with Crippen LogP contribution >= 0.6 is 9.24 Å². The molecule has 0 saturated heterocycles. The lowest BCUT2D eigenvalue weighted by atomic mass is 9.85. The highest BCUT2D eigenvalue weighted by molar-refractivity contribution is 7.17. The van der Waals surface area contributed by atoms with Crippen molar-refractivity contribution in [2.24, 2.45) is 5.92 Å². The van der Waals surface area contributed by atoms with Gasteiger partial charge in [0.25, 0.3) is 0 Å². The molecule has 0 nitrogen and oxygen atoms in total. The van der Waals surface area contributed by atoms with E-state index < -0.39 is 0 Å². The van der Waals surface area contributed by atoms with Crippen LogP contribution in [0.15, 0.2) is 0 Å². The normalized spacial score (nSPS) is 32.2. The van der Waals surface area contributed by atoms with E-state index in [4.69, 9.17) is 0 Å². The summed E-state index contributed by atoms with van der Waals surface area (Å²) in [6.07, 6.45) is 10.2. The van der Waals surface area contributed by atoms with E-state index in [1.165, 1.54) is 44.9 Å². The maximum Gasteiger partial charge on any atom is -0.0236 e. The molecule has 0 bridgehead atoms. The van der Waals surface area contributed by atoms with Crippen LogP contribution in [0.2, 0.25) is 0 Å². The summed E-state index contributed by atoms with van der Waals surface area (Å²) in [5.74, 6) is 1.04. The van der Waals surface area contributed by atoms with E-state index in [0.29, 0.717) is 0 Å². The second-order valence-electron chi connectivity index (χ2n) is 3.85. The highest BCUT2D eigenvalue weighted by Gasteiger charge is 2.20. The van der Waals surface area contributed by atoms with E-state index in [1.54, 1.807) is 0 Å². The fourth-order valence-corrected chi connectivity index (χ4v) is 2.68. The minimum absolute atomic E-state index is 0.940. The van der Waals surface area contributed by atoms with E-state index >= 15 is 0 Å². The molecule has 1 saturated carbocycles. The van der Waals surface area contributed by atoms with Gasteiger partial charge < -0.3 is 0 Å². The van der Waals surface area contributed by atoms with Crippen LogP contribution in [0, 0.1) is 5.92 Å². The first-order valence-electron chi connectivity index (χ1n) is 5.10. The zero-order valence-corrected chi connectivity index (χ0v) is 8.84. The molecule has 1 rings (SSSR count). The van der Waals surface area contributed by atoms with Gasteiger partial charge in [0.2, 0.25) is 0 Å². The van der Waals surface area contributed by atoms with E-state index in [9.17, 15) is 0 Å². The molecule has 1 heteroatoms. The Labute approximate surface area is 73.3 Å². The minimum atomic E-state index is 0.940. The SMILES string of the molecule is CCCCC1CCCCC1P. The molecule has 0 heterocycles. The zero-order chi connectivity index (χ0) is 8.10. The second kappa shape index (κ2) is 5.14. The van der Waals surface area contributed by atoms with Crippen molar-refractivity contribution in [3.05, 3.63) is 0 Å². The van der Waals surface area contributed by atoms with Gasteiger partial charge in [0.15, 0.2) is 0 Å². The van der Waals surface area contributed by atoms with E-state index in [-0.39, 0.29) is 0 Å². The summed E-state index contributed by atoms with van der Waals surface area (Å²) in [6.45, 7) is 2.29. The highest BCUT2D eigenvalue weighted by atomic mass is 31.0. The van der Waals surface area contributed by atoms with Gasteiger partial charge in [0.05, 0.1) is 0 Å². The van der Waals surface area contributed by atoms with Crippen molar-refractivity contribution in [3.63, 3.8) is 0 Å². The molecule has 0 radical (unpaired) electrons. The van der Waals surface area contributed by atoms with Gasteiger partial charge in [0, 0.05) is 0 Å². The molecule has 1 fully saturated rings. The van der Waals surface area contributed by atoms with Crippen molar-refractivity contribution in [1.29, 1.82) is 0 Å². The first-order chi connectivity index (χ1) is 5.34. The first kappa shape index (κ1) is 9.52. The maximum atomic E-state index is 3.04. The van der Waals surface area contributed by atoms with Crippen LogP contribution in [-0.2, 0) is 0 Å². The van der Waals surface area contributed by atoms with Gasteiger partial charge in [-0.15, -0.1) is 9.24 Å². The molecule has 0 amide bonds. The summed E-state index contributed by atoms with van der Waals surface area (Å²) in [7, 11) is 3.04. The molecular weight excluding hydrogens is 151 g/mol.